The van der Waals surface area contributed by atoms with Crippen LogP contribution in [0, 0.1) is 11.3 Å². The molecule has 0 fully saturated rings. The molecule has 1 rings (SSSR count). The summed E-state index contributed by atoms with van der Waals surface area (Å²) in [6, 6.07) is 3.15. The van der Waals surface area contributed by atoms with Crippen molar-refractivity contribution in [3.05, 3.63) is 17.0 Å². The Kier molecular flexibility index (Phi) is 5.98. The lowest BCUT2D eigenvalue weighted by molar-refractivity contribution is -0.144. The third-order valence-corrected chi connectivity index (χ3v) is 2.51. The largest absolute Gasteiger partial charge is 0.451 e. The summed E-state index contributed by atoms with van der Waals surface area (Å²) in [7, 11) is 1.47. The van der Waals surface area contributed by atoms with E-state index in [0.29, 0.717) is 6.54 Å². The summed E-state index contributed by atoms with van der Waals surface area (Å²) in [5.74, 6) is -1.29. The topological polar surface area (TPSA) is 62.0 Å². The highest BCUT2D eigenvalue weighted by molar-refractivity contribution is 6.29. The number of alkyl halides is 3. The second kappa shape index (κ2) is 7.26. The highest BCUT2D eigenvalue weighted by atomic mass is 35.5. The van der Waals surface area contributed by atoms with Crippen LogP contribution in [0.3, 0.4) is 0 Å². The third kappa shape index (κ3) is 4.83. The van der Waals surface area contributed by atoms with Gasteiger partial charge in [-0.2, -0.15) is 18.4 Å². The zero-order valence-electron chi connectivity index (χ0n) is 10.6. The molecule has 1 aromatic heterocycles. The van der Waals surface area contributed by atoms with Gasteiger partial charge in [0, 0.05) is 26.3 Å². The lowest BCUT2D eigenvalue weighted by Gasteiger charge is -2.23. The number of hydrogen-bond donors (Lipinski definition) is 0. The molecule has 1 aromatic rings. The van der Waals surface area contributed by atoms with Crippen molar-refractivity contribution in [2.45, 2.75) is 12.6 Å². The molecule has 0 N–H and O–H groups in total. The Hall–Kier alpha value is -1.59. The molecule has 0 aromatic carbocycles. The number of aromatic nitrogens is 2. The number of rotatable bonds is 6. The highest BCUT2D eigenvalue weighted by Crippen LogP contribution is 2.29. The van der Waals surface area contributed by atoms with Gasteiger partial charge in [0.1, 0.15) is 11.0 Å². The van der Waals surface area contributed by atoms with Gasteiger partial charge < -0.3 is 9.64 Å². The molecule has 20 heavy (non-hydrogen) atoms. The van der Waals surface area contributed by atoms with Gasteiger partial charge in [-0.3, -0.25) is 0 Å². The molecule has 0 amide bonds. The Morgan fingerprint density at radius 1 is 1.40 bits per heavy atom. The molecular weight excluding hydrogens is 297 g/mol. The van der Waals surface area contributed by atoms with E-state index in [9.17, 15) is 13.2 Å². The number of halogens is 4. The lowest BCUT2D eigenvalue weighted by Crippen LogP contribution is -2.30. The molecule has 110 valence electrons. The molecule has 0 atom stereocenters. The van der Waals surface area contributed by atoms with Gasteiger partial charge in [0.25, 0.3) is 0 Å². The van der Waals surface area contributed by atoms with Gasteiger partial charge in [-0.15, -0.1) is 0 Å². The maximum Gasteiger partial charge on any atom is 0.451 e. The first-order valence-corrected chi connectivity index (χ1v) is 5.99. The maximum atomic E-state index is 12.6. The van der Waals surface area contributed by atoms with Gasteiger partial charge in [0.05, 0.1) is 19.1 Å². The second-order valence-electron chi connectivity index (χ2n) is 3.76. The third-order valence-electron chi connectivity index (χ3n) is 2.32. The van der Waals surface area contributed by atoms with E-state index in [-0.39, 0.29) is 30.5 Å². The standard InChI is InChI=1S/C11H12ClF3N4O/c1-20-6-5-19(4-2-3-16)9-7-8(12)17-10(18-9)11(13,14)15/h7H,2,4-6H2,1H3. The summed E-state index contributed by atoms with van der Waals surface area (Å²) in [5, 5.41) is 8.28. The molecule has 0 radical (unpaired) electrons. The van der Waals surface area contributed by atoms with Gasteiger partial charge >= 0.3 is 6.18 Å². The van der Waals surface area contributed by atoms with Crippen molar-refractivity contribution in [3.63, 3.8) is 0 Å². The van der Waals surface area contributed by atoms with Crippen molar-refractivity contribution in [3.8, 4) is 6.07 Å². The Morgan fingerprint density at radius 3 is 2.65 bits per heavy atom. The van der Waals surface area contributed by atoms with E-state index >= 15 is 0 Å². The van der Waals surface area contributed by atoms with E-state index in [1.165, 1.54) is 18.1 Å². The zero-order valence-corrected chi connectivity index (χ0v) is 11.4. The van der Waals surface area contributed by atoms with Crippen LogP contribution in [-0.2, 0) is 10.9 Å². The average Bonchev–Trinajstić information content (AvgIpc) is 2.37. The molecule has 0 aliphatic carbocycles. The smallest absolute Gasteiger partial charge is 0.383 e. The summed E-state index contributed by atoms with van der Waals surface area (Å²) < 4.78 is 42.8. The molecule has 0 saturated carbocycles. The van der Waals surface area contributed by atoms with Crippen LogP contribution in [-0.4, -0.2) is 36.8 Å². The minimum atomic E-state index is -4.68. The van der Waals surface area contributed by atoms with Gasteiger partial charge in [0.15, 0.2) is 0 Å². The molecule has 0 unspecified atom stereocenters. The predicted molar refractivity (Wildman–Crippen MR) is 66.4 cm³/mol. The van der Waals surface area contributed by atoms with Gasteiger partial charge in [0.2, 0.25) is 5.82 Å². The summed E-state index contributed by atoms with van der Waals surface area (Å²) in [6.07, 6.45) is -4.53. The van der Waals surface area contributed by atoms with Crippen molar-refractivity contribution in [1.82, 2.24) is 9.97 Å². The average molecular weight is 309 g/mol. The van der Waals surface area contributed by atoms with Gasteiger partial charge in [-0.05, 0) is 0 Å². The first-order chi connectivity index (χ1) is 9.38. The van der Waals surface area contributed by atoms with E-state index in [1.54, 1.807) is 0 Å². The molecule has 0 bridgehead atoms. The van der Waals surface area contributed by atoms with Crippen LogP contribution < -0.4 is 4.90 Å². The number of nitrogens with zero attached hydrogens (tertiary/aromatic N) is 4. The second-order valence-corrected chi connectivity index (χ2v) is 4.15. The predicted octanol–water partition coefficient (Wildman–Crippen LogP) is 2.52. The Balaban J connectivity index is 3.05. The van der Waals surface area contributed by atoms with Crippen molar-refractivity contribution < 1.29 is 17.9 Å². The molecule has 5 nitrogen and oxygen atoms in total. The molecule has 9 heteroatoms. The van der Waals surface area contributed by atoms with E-state index in [1.807, 2.05) is 6.07 Å². The Labute approximate surface area is 118 Å². The fraction of sp³-hybridized carbons (Fsp3) is 0.545. The van der Waals surface area contributed by atoms with Gasteiger partial charge in [-0.1, -0.05) is 11.6 Å². The molecular formula is C11H12ClF3N4O. The fourth-order valence-electron chi connectivity index (χ4n) is 1.42. The molecule has 0 aliphatic heterocycles. The van der Waals surface area contributed by atoms with E-state index in [2.05, 4.69) is 9.97 Å². The normalized spacial score (nSPS) is 11.2. The number of hydrogen-bond acceptors (Lipinski definition) is 5. The molecule has 1 heterocycles. The van der Waals surface area contributed by atoms with Crippen molar-refractivity contribution >= 4 is 17.4 Å². The number of methoxy groups -OCH3 is 1. The molecule has 0 spiro atoms. The monoisotopic (exact) mass is 308 g/mol. The Morgan fingerprint density at radius 2 is 2.10 bits per heavy atom. The van der Waals surface area contributed by atoms with Crippen LogP contribution in [0.5, 0.6) is 0 Å². The maximum absolute atomic E-state index is 12.6. The van der Waals surface area contributed by atoms with Crippen molar-refractivity contribution in [1.29, 1.82) is 5.26 Å². The lowest BCUT2D eigenvalue weighted by atomic mass is 10.3. The summed E-state index contributed by atoms with van der Waals surface area (Å²) >= 11 is 5.59. The minimum Gasteiger partial charge on any atom is -0.383 e. The summed E-state index contributed by atoms with van der Waals surface area (Å²) in [4.78, 5) is 8.10. The van der Waals surface area contributed by atoms with Crippen LogP contribution in [0.2, 0.25) is 5.15 Å². The summed E-state index contributed by atoms with van der Waals surface area (Å²) in [5.41, 5.74) is 0. The quantitative estimate of drug-likeness (QED) is 0.756. The van der Waals surface area contributed by atoms with E-state index in [4.69, 9.17) is 21.6 Å². The highest BCUT2D eigenvalue weighted by Gasteiger charge is 2.35. The fourth-order valence-corrected chi connectivity index (χ4v) is 1.60. The van der Waals surface area contributed by atoms with Crippen LogP contribution in [0.1, 0.15) is 12.2 Å². The van der Waals surface area contributed by atoms with Crippen LogP contribution >= 0.6 is 11.6 Å². The summed E-state index contributed by atoms with van der Waals surface area (Å²) in [6.45, 7) is 0.807. The van der Waals surface area contributed by atoms with Crippen LogP contribution in [0.4, 0.5) is 19.0 Å². The number of anilines is 1. The minimum absolute atomic E-state index is 0.0182. The first-order valence-electron chi connectivity index (χ1n) is 5.61. The Bertz CT molecular complexity index is 490. The van der Waals surface area contributed by atoms with Crippen molar-refractivity contribution in [2.24, 2.45) is 0 Å². The van der Waals surface area contributed by atoms with Crippen molar-refractivity contribution in [2.75, 3.05) is 31.7 Å². The van der Waals surface area contributed by atoms with E-state index < -0.39 is 12.0 Å². The number of nitriles is 1. The van der Waals surface area contributed by atoms with Crippen LogP contribution in [0.25, 0.3) is 0 Å². The first kappa shape index (κ1) is 16.5. The SMILES string of the molecule is COCCN(CCC#N)c1cc(Cl)nc(C(F)(F)F)n1. The number of ether oxygens (including phenoxy) is 1. The van der Waals surface area contributed by atoms with Gasteiger partial charge in [-0.25, -0.2) is 9.97 Å². The zero-order chi connectivity index (χ0) is 15.2. The van der Waals surface area contributed by atoms with Crippen LogP contribution in [0.15, 0.2) is 6.07 Å². The molecule has 0 saturated heterocycles. The van der Waals surface area contributed by atoms with E-state index in [0.717, 1.165) is 0 Å². The molecule has 0 aliphatic rings.